The Morgan fingerprint density at radius 1 is 1.04 bits per heavy atom. The average molecular weight is 363 g/mol. The van der Waals surface area contributed by atoms with Crippen LogP contribution in [0.25, 0.3) is 0 Å². The number of hydrogen-bond acceptors (Lipinski definition) is 5. The molecule has 4 amide bonds. The molecule has 1 aromatic rings. The summed E-state index contributed by atoms with van der Waals surface area (Å²) in [5, 5.41) is 5.35. The Bertz CT molecular complexity index is 608. The van der Waals surface area contributed by atoms with E-state index in [1.54, 1.807) is 24.3 Å². The van der Waals surface area contributed by atoms with Gasteiger partial charge in [-0.1, -0.05) is 12.1 Å². The molecule has 1 aromatic carbocycles. The molecular weight excluding hydrogens is 338 g/mol. The smallest absolute Gasteiger partial charge is 0.314 e. The lowest BCUT2D eigenvalue weighted by Crippen LogP contribution is -2.42. The SMILES string of the molecule is CCOC(CNC(=O)NCCCN1C(=O)c2ccccc2C1=O)OCC. The molecule has 1 aliphatic heterocycles. The summed E-state index contributed by atoms with van der Waals surface area (Å²) in [4.78, 5) is 37.4. The molecule has 0 fully saturated rings. The van der Waals surface area contributed by atoms with Crippen LogP contribution in [0.4, 0.5) is 4.79 Å². The number of urea groups is 1. The minimum Gasteiger partial charge on any atom is -0.351 e. The first-order valence-electron chi connectivity index (χ1n) is 8.78. The maximum atomic E-state index is 12.2. The van der Waals surface area contributed by atoms with E-state index >= 15 is 0 Å². The van der Waals surface area contributed by atoms with Crippen molar-refractivity contribution >= 4 is 17.8 Å². The quantitative estimate of drug-likeness (QED) is 0.372. The summed E-state index contributed by atoms with van der Waals surface area (Å²) in [6.45, 7) is 5.53. The van der Waals surface area contributed by atoms with E-state index in [4.69, 9.17) is 9.47 Å². The molecule has 0 unspecified atom stereocenters. The second-order valence-electron chi connectivity index (χ2n) is 5.64. The van der Waals surface area contributed by atoms with Crippen LogP contribution in [0.3, 0.4) is 0 Å². The summed E-state index contributed by atoms with van der Waals surface area (Å²) >= 11 is 0. The van der Waals surface area contributed by atoms with Gasteiger partial charge in [-0.25, -0.2) is 4.79 Å². The van der Waals surface area contributed by atoms with Crippen molar-refractivity contribution in [1.82, 2.24) is 15.5 Å². The van der Waals surface area contributed by atoms with E-state index in [0.29, 0.717) is 37.3 Å². The van der Waals surface area contributed by atoms with Gasteiger partial charge in [0.05, 0.1) is 17.7 Å². The van der Waals surface area contributed by atoms with Gasteiger partial charge in [0.2, 0.25) is 0 Å². The Balaban J connectivity index is 1.68. The first kappa shape index (κ1) is 19.9. The second kappa shape index (κ2) is 9.88. The number of rotatable bonds is 10. The fourth-order valence-electron chi connectivity index (χ4n) is 2.66. The summed E-state index contributed by atoms with van der Waals surface area (Å²) < 4.78 is 10.7. The number of carbonyl (C=O) groups is 3. The van der Waals surface area contributed by atoms with E-state index in [9.17, 15) is 14.4 Å². The number of nitrogens with zero attached hydrogens (tertiary/aromatic N) is 1. The highest BCUT2D eigenvalue weighted by Crippen LogP contribution is 2.22. The standard InChI is InChI=1S/C18H25N3O5/c1-3-25-15(26-4-2)12-20-18(24)19-10-7-11-21-16(22)13-8-5-6-9-14(13)17(21)23/h5-6,8-9,15H,3-4,7,10-12H2,1-2H3,(H2,19,20,24). The van der Waals surface area contributed by atoms with Crippen LogP contribution in [0, 0.1) is 0 Å². The Hall–Kier alpha value is -2.45. The van der Waals surface area contributed by atoms with Gasteiger partial charge < -0.3 is 20.1 Å². The number of fused-ring (bicyclic) bond motifs is 1. The predicted octanol–water partition coefficient (Wildman–Crippen LogP) is 1.37. The highest BCUT2D eigenvalue weighted by atomic mass is 16.7. The van der Waals surface area contributed by atoms with E-state index in [-0.39, 0.29) is 30.9 Å². The normalized spacial score (nSPS) is 13.3. The van der Waals surface area contributed by atoms with Crippen LogP contribution in [0.5, 0.6) is 0 Å². The molecule has 0 atom stereocenters. The third-order valence-electron chi connectivity index (χ3n) is 3.86. The summed E-state index contributed by atoms with van der Waals surface area (Å²) in [5.74, 6) is -0.572. The second-order valence-corrected chi connectivity index (χ2v) is 5.64. The Kier molecular flexibility index (Phi) is 7.55. The van der Waals surface area contributed by atoms with Crippen molar-refractivity contribution in [2.24, 2.45) is 0 Å². The molecule has 0 saturated heterocycles. The van der Waals surface area contributed by atoms with E-state index in [2.05, 4.69) is 10.6 Å². The molecule has 1 aliphatic rings. The molecule has 2 N–H and O–H groups in total. The Labute approximate surface area is 152 Å². The first-order chi connectivity index (χ1) is 12.6. The summed E-state index contributed by atoms with van der Waals surface area (Å²) in [6, 6.07) is 6.41. The van der Waals surface area contributed by atoms with Crippen molar-refractivity contribution in [2.45, 2.75) is 26.6 Å². The molecule has 2 rings (SSSR count). The van der Waals surface area contributed by atoms with E-state index in [1.165, 1.54) is 4.90 Å². The molecule has 8 nitrogen and oxygen atoms in total. The summed E-state index contributed by atoms with van der Waals surface area (Å²) in [5.41, 5.74) is 0.863. The summed E-state index contributed by atoms with van der Waals surface area (Å²) in [6.07, 6.45) is -0.00622. The minimum absolute atomic E-state index is 0.242. The third-order valence-corrected chi connectivity index (χ3v) is 3.86. The van der Waals surface area contributed by atoms with E-state index in [1.807, 2.05) is 13.8 Å². The molecule has 0 radical (unpaired) electrons. The topological polar surface area (TPSA) is 97.0 Å². The largest absolute Gasteiger partial charge is 0.351 e. The zero-order chi connectivity index (χ0) is 18.9. The van der Waals surface area contributed by atoms with Gasteiger partial charge in [-0.15, -0.1) is 0 Å². The van der Waals surface area contributed by atoms with Crippen LogP contribution in [0.2, 0.25) is 0 Å². The maximum absolute atomic E-state index is 12.2. The lowest BCUT2D eigenvalue weighted by atomic mass is 10.1. The van der Waals surface area contributed by atoms with Gasteiger partial charge in [-0.2, -0.15) is 0 Å². The van der Waals surface area contributed by atoms with Gasteiger partial charge >= 0.3 is 6.03 Å². The fourth-order valence-corrected chi connectivity index (χ4v) is 2.66. The highest BCUT2D eigenvalue weighted by Gasteiger charge is 2.34. The van der Waals surface area contributed by atoms with E-state index < -0.39 is 6.29 Å². The van der Waals surface area contributed by atoms with Crippen molar-refractivity contribution in [3.63, 3.8) is 0 Å². The molecule has 8 heteroatoms. The van der Waals surface area contributed by atoms with Gasteiger partial charge in [0.15, 0.2) is 6.29 Å². The monoisotopic (exact) mass is 363 g/mol. The van der Waals surface area contributed by atoms with Crippen LogP contribution in [0.15, 0.2) is 24.3 Å². The molecule has 0 aliphatic carbocycles. The van der Waals surface area contributed by atoms with Crippen molar-refractivity contribution in [3.05, 3.63) is 35.4 Å². The lowest BCUT2D eigenvalue weighted by molar-refractivity contribution is -0.131. The Morgan fingerprint density at radius 3 is 2.15 bits per heavy atom. The van der Waals surface area contributed by atoms with Crippen molar-refractivity contribution in [1.29, 1.82) is 0 Å². The van der Waals surface area contributed by atoms with Crippen LogP contribution in [0.1, 0.15) is 41.0 Å². The number of amides is 4. The fraction of sp³-hybridized carbons (Fsp3) is 0.500. The number of imide groups is 1. The lowest BCUT2D eigenvalue weighted by Gasteiger charge is -2.18. The van der Waals surface area contributed by atoms with Crippen LogP contribution >= 0.6 is 0 Å². The van der Waals surface area contributed by atoms with Crippen LogP contribution < -0.4 is 10.6 Å². The van der Waals surface area contributed by atoms with Crippen LogP contribution in [-0.4, -0.2) is 61.9 Å². The number of hydrogen-bond donors (Lipinski definition) is 2. The third kappa shape index (κ3) is 5.03. The molecule has 0 aromatic heterocycles. The highest BCUT2D eigenvalue weighted by molar-refractivity contribution is 6.21. The average Bonchev–Trinajstić information content (AvgIpc) is 2.88. The number of ether oxygens (including phenoxy) is 2. The zero-order valence-electron chi connectivity index (χ0n) is 15.1. The van der Waals surface area contributed by atoms with Gasteiger partial charge in [-0.3, -0.25) is 14.5 Å². The molecule has 26 heavy (non-hydrogen) atoms. The van der Waals surface area contributed by atoms with Gasteiger partial charge in [-0.05, 0) is 32.4 Å². The van der Waals surface area contributed by atoms with Gasteiger partial charge in [0.1, 0.15) is 0 Å². The number of nitrogens with one attached hydrogen (secondary N) is 2. The summed E-state index contributed by atoms with van der Waals surface area (Å²) in [7, 11) is 0. The van der Waals surface area contributed by atoms with Crippen molar-refractivity contribution in [3.8, 4) is 0 Å². The molecule has 142 valence electrons. The molecule has 0 bridgehead atoms. The molecular formula is C18H25N3O5. The van der Waals surface area contributed by atoms with Crippen molar-refractivity contribution in [2.75, 3.05) is 32.8 Å². The van der Waals surface area contributed by atoms with Crippen LogP contribution in [-0.2, 0) is 9.47 Å². The van der Waals surface area contributed by atoms with Gasteiger partial charge in [0.25, 0.3) is 11.8 Å². The molecule has 1 heterocycles. The van der Waals surface area contributed by atoms with E-state index in [0.717, 1.165) is 0 Å². The minimum atomic E-state index is -0.478. The first-order valence-corrected chi connectivity index (χ1v) is 8.78. The number of carbonyl (C=O) groups excluding carboxylic acids is 3. The van der Waals surface area contributed by atoms with Gasteiger partial charge in [0, 0.05) is 26.3 Å². The molecule has 0 saturated carbocycles. The predicted molar refractivity (Wildman–Crippen MR) is 94.9 cm³/mol. The molecule has 0 spiro atoms. The zero-order valence-corrected chi connectivity index (χ0v) is 15.1. The maximum Gasteiger partial charge on any atom is 0.314 e. The Morgan fingerprint density at radius 2 is 1.62 bits per heavy atom. The van der Waals surface area contributed by atoms with Crippen molar-refractivity contribution < 1.29 is 23.9 Å². The number of benzene rings is 1.